The van der Waals surface area contributed by atoms with Crippen molar-refractivity contribution < 1.29 is 0 Å². The summed E-state index contributed by atoms with van der Waals surface area (Å²) in [4.78, 5) is 11.4. The van der Waals surface area contributed by atoms with Gasteiger partial charge in [-0.1, -0.05) is 28.1 Å². The number of halogens is 1. The minimum atomic E-state index is -0.113. The molecule has 0 amide bonds. The van der Waals surface area contributed by atoms with Gasteiger partial charge >= 0.3 is 0 Å². The smallest absolute Gasteiger partial charge is 0.268 e. The topological polar surface area (TPSA) is 63.8 Å². The maximum atomic E-state index is 11.4. The van der Waals surface area contributed by atoms with Crippen molar-refractivity contribution in [3.63, 3.8) is 0 Å². The Morgan fingerprint density at radius 1 is 1.44 bits per heavy atom. The van der Waals surface area contributed by atoms with Crippen LogP contribution in [0.1, 0.15) is 11.1 Å². The van der Waals surface area contributed by atoms with Gasteiger partial charge in [0.15, 0.2) is 0 Å². The van der Waals surface area contributed by atoms with E-state index in [9.17, 15) is 4.79 Å². The number of aryl methyl sites for hydroxylation is 1. The van der Waals surface area contributed by atoms with Gasteiger partial charge in [-0.25, -0.2) is 4.68 Å². The van der Waals surface area contributed by atoms with Gasteiger partial charge in [0.05, 0.1) is 6.54 Å². The molecule has 1 aromatic heterocycles. The standard InChI is InChI=1S/C11H12BrN3O/c1-7-4-8(2-3-9(7)12)6-15-11(16)5-10(13)14-15/h2-5,14H,6,13H2,1H3. The second-order valence-electron chi connectivity index (χ2n) is 3.72. The summed E-state index contributed by atoms with van der Waals surface area (Å²) in [5.41, 5.74) is 7.59. The normalized spacial score (nSPS) is 10.6. The van der Waals surface area contributed by atoms with E-state index < -0.39 is 0 Å². The second kappa shape index (κ2) is 4.17. The molecular weight excluding hydrogens is 270 g/mol. The van der Waals surface area contributed by atoms with Crippen LogP contribution in [0.15, 0.2) is 33.5 Å². The molecule has 3 N–H and O–H groups in total. The Labute approximate surface area is 101 Å². The Morgan fingerprint density at radius 3 is 2.75 bits per heavy atom. The zero-order valence-electron chi connectivity index (χ0n) is 8.83. The molecule has 2 rings (SSSR count). The number of rotatable bonds is 2. The SMILES string of the molecule is Cc1cc(Cn2[nH]c(N)cc2=O)ccc1Br. The van der Waals surface area contributed by atoms with Crippen LogP contribution in [0.2, 0.25) is 0 Å². The van der Waals surface area contributed by atoms with Gasteiger partial charge < -0.3 is 5.73 Å². The zero-order chi connectivity index (χ0) is 11.7. The molecule has 1 aromatic carbocycles. The van der Waals surface area contributed by atoms with Gasteiger partial charge in [-0.3, -0.25) is 9.89 Å². The van der Waals surface area contributed by atoms with Crippen LogP contribution in [-0.4, -0.2) is 9.78 Å². The zero-order valence-corrected chi connectivity index (χ0v) is 10.4. The van der Waals surface area contributed by atoms with Crippen LogP contribution in [0, 0.1) is 6.92 Å². The lowest BCUT2D eigenvalue weighted by Crippen LogP contribution is -2.16. The number of H-pyrrole nitrogens is 1. The van der Waals surface area contributed by atoms with Gasteiger partial charge in [0, 0.05) is 10.5 Å². The van der Waals surface area contributed by atoms with Gasteiger partial charge in [-0.15, -0.1) is 0 Å². The molecule has 5 heteroatoms. The molecule has 0 aliphatic rings. The van der Waals surface area contributed by atoms with Crippen molar-refractivity contribution in [2.75, 3.05) is 5.73 Å². The average molecular weight is 282 g/mol. The van der Waals surface area contributed by atoms with E-state index in [0.29, 0.717) is 12.4 Å². The Balaban J connectivity index is 2.30. The highest BCUT2D eigenvalue weighted by Gasteiger charge is 2.02. The predicted molar refractivity (Wildman–Crippen MR) is 67.4 cm³/mol. The van der Waals surface area contributed by atoms with E-state index in [0.717, 1.165) is 15.6 Å². The van der Waals surface area contributed by atoms with E-state index in [2.05, 4.69) is 21.0 Å². The molecule has 0 fully saturated rings. The van der Waals surface area contributed by atoms with Gasteiger partial charge in [0.25, 0.3) is 5.56 Å². The molecule has 0 radical (unpaired) electrons. The van der Waals surface area contributed by atoms with E-state index in [4.69, 9.17) is 5.73 Å². The Morgan fingerprint density at radius 2 is 2.19 bits per heavy atom. The summed E-state index contributed by atoms with van der Waals surface area (Å²) in [7, 11) is 0. The number of aromatic amines is 1. The van der Waals surface area contributed by atoms with Gasteiger partial charge in [0.1, 0.15) is 5.82 Å². The molecule has 0 saturated heterocycles. The molecule has 0 aliphatic heterocycles. The molecule has 84 valence electrons. The molecule has 1 heterocycles. The van der Waals surface area contributed by atoms with E-state index in [1.165, 1.54) is 10.7 Å². The first kappa shape index (κ1) is 11.0. The van der Waals surface area contributed by atoms with Crippen LogP contribution in [0.25, 0.3) is 0 Å². The number of nitrogens with two attached hydrogens (primary N) is 1. The van der Waals surface area contributed by atoms with Crippen molar-refractivity contribution in [1.29, 1.82) is 0 Å². The summed E-state index contributed by atoms with van der Waals surface area (Å²) >= 11 is 3.44. The number of hydrogen-bond donors (Lipinski definition) is 2. The fraction of sp³-hybridized carbons (Fsp3) is 0.182. The number of nitrogens with one attached hydrogen (secondary N) is 1. The number of nitrogen functional groups attached to an aromatic ring is 1. The first-order valence-corrected chi connectivity index (χ1v) is 5.66. The molecule has 4 nitrogen and oxygen atoms in total. The van der Waals surface area contributed by atoms with E-state index in [-0.39, 0.29) is 5.56 Å². The highest BCUT2D eigenvalue weighted by Crippen LogP contribution is 2.17. The number of aromatic nitrogens is 2. The van der Waals surface area contributed by atoms with Crippen molar-refractivity contribution in [2.45, 2.75) is 13.5 Å². The average Bonchev–Trinajstić information content (AvgIpc) is 2.51. The van der Waals surface area contributed by atoms with Crippen molar-refractivity contribution in [3.8, 4) is 0 Å². The van der Waals surface area contributed by atoms with Crippen LogP contribution >= 0.6 is 15.9 Å². The first-order chi connectivity index (χ1) is 7.56. The number of anilines is 1. The molecule has 0 bridgehead atoms. The molecule has 0 atom stereocenters. The maximum Gasteiger partial charge on any atom is 0.268 e. The highest BCUT2D eigenvalue weighted by atomic mass is 79.9. The third-order valence-electron chi connectivity index (χ3n) is 2.37. The third-order valence-corrected chi connectivity index (χ3v) is 3.26. The molecule has 16 heavy (non-hydrogen) atoms. The van der Waals surface area contributed by atoms with Crippen molar-refractivity contribution in [3.05, 3.63) is 50.2 Å². The fourth-order valence-electron chi connectivity index (χ4n) is 1.56. The Bertz CT molecular complexity index is 571. The van der Waals surface area contributed by atoms with Crippen LogP contribution in [0.4, 0.5) is 5.82 Å². The monoisotopic (exact) mass is 281 g/mol. The number of benzene rings is 1. The van der Waals surface area contributed by atoms with Crippen LogP contribution in [0.5, 0.6) is 0 Å². The summed E-state index contributed by atoms with van der Waals surface area (Å²) < 4.78 is 2.55. The quantitative estimate of drug-likeness (QED) is 0.883. The van der Waals surface area contributed by atoms with E-state index in [1.54, 1.807) is 0 Å². The third kappa shape index (κ3) is 2.19. The summed E-state index contributed by atoms with van der Waals surface area (Å²) in [6, 6.07) is 7.36. The Hall–Kier alpha value is -1.49. The van der Waals surface area contributed by atoms with Crippen molar-refractivity contribution in [2.24, 2.45) is 0 Å². The summed E-state index contributed by atoms with van der Waals surface area (Å²) in [6.07, 6.45) is 0. The fourth-order valence-corrected chi connectivity index (χ4v) is 1.81. The minimum Gasteiger partial charge on any atom is -0.384 e. The van der Waals surface area contributed by atoms with Crippen molar-refractivity contribution in [1.82, 2.24) is 9.78 Å². The first-order valence-electron chi connectivity index (χ1n) is 4.86. The molecular formula is C11H12BrN3O. The summed E-state index contributed by atoms with van der Waals surface area (Å²) in [5, 5.41) is 2.80. The molecule has 0 unspecified atom stereocenters. The van der Waals surface area contributed by atoms with E-state index >= 15 is 0 Å². The molecule has 0 saturated carbocycles. The summed E-state index contributed by atoms with van der Waals surface area (Å²) in [5.74, 6) is 0.388. The lowest BCUT2D eigenvalue weighted by Gasteiger charge is -2.04. The van der Waals surface area contributed by atoms with Gasteiger partial charge in [-0.05, 0) is 24.1 Å². The highest BCUT2D eigenvalue weighted by molar-refractivity contribution is 9.10. The predicted octanol–water partition coefficient (Wildman–Crippen LogP) is 1.88. The minimum absolute atomic E-state index is 0.113. The molecule has 0 aliphatic carbocycles. The van der Waals surface area contributed by atoms with E-state index in [1.807, 2.05) is 25.1 Å². The lowest BCUT2D eigenvalue weighted by molar-refractivity contribution is 0.666. The van der Waals surface area contributed by atoms with Gasteiger partial charge in [-0.2, -0.15) is 0 Å². The molecule has 0 spiro atoms. The van der Waals surface area contributed by atoms with Gasteiger partial charge in [0.2, 0.25) is 0 Å². The summed E-state index contributed by atoms with van der Waals surface area (Å²) in [6.45, 7) is 2.52. The maximum absolute atomic E-state index is 11.4. The second-order valence-corrected chi connectivity index (χ2v) is 4.57. The number of nitrogens with zero attached hydrogens (tertiary/aromatic N) is 1. The van der Waals surface area contributed by atoms with Crippen LogP contribution in [0.3, 0.4) is 0 Å². The Kier molecular flexibility index (Phi) is 2.87. The van der Waals surface area contributed by atoms with Crippen molar-refractivity contribution >= 4 is 21.7 Å². The van der Waals surface area contributed by atoms with Crippen LogP contribution < -0.4 is 11.3 Å². The van der Waals surface area contributed by atoms with Crippen LogP contribution in [-0.2, 0) is 6.54 Å². The largest absolute Gasteiger partial charge is 0.384 e. The molecule has 2 aromatic rings. The number of hydrogen-bond acceptors (Lipinski definition) is 2. The lowest BCUT2D eigenvalue weighted by atomic mass is 10.1.